The van der Waals surface area contributed by atoms with E-state index in [4.69, 9.17) is 19.7 Å². The van der Waals surface area contributed by atoms with Crippen LogP contribution in [0.2, 0.25) is 0 Å². The Balaban J connectivity index is -0.000000189. The van der Waals surface area contributed by atoms with Gasteiger partial charge >= 0.3 is 5.97 Å². The van der Waals surface area contributed by atoms with Crippen molar-refractivity contribution < 1.29 is 38.9 Å². The van der Waals surface area contributed by atoms with Crippen molar-refractivity contribution in [2.45, 2.75) is 88.2 Å². The number of rotatable bonds is 9. The van der Waals surface area contributed by atoms with Gasteiger partial charge in [0.1, 0.15) is 24.4 Å². The van der Waals surface area contributed by atoms with Gasteiger partial charge in [0.15, 0.2) is 11.6 Å². The van der Waals surface area contributed by atoms with E-state index in [0.717, 1.165) is 0 Å². The minimum atomic E-state index is -1.16. The molecule has 0 aromatic heterocycles. The first-order valence-electron chi connectivity index (χ1n) is 11.3. The number of ether oxygens (including phenoxy) is 2. The van der Waals surface area contributed by atoms with Gasteiger partial charge < -0.3 is 19.7 Å². The Labute approximate surface area is 207 Å². The van der Waals surface area contributed by atoms with E-state index >= 15 is 0 Å². The fourth-order valence-electron chi connectivity index (χ4n) is 1.63. The minimum absolute atomic E-state index is 0.0787. The van der Waals surface area contributed by atoms with Crippen molar-refractivity contribution in [2.24, 2.45) is 16.7 Å². The molecule has 0 aliphatic rings. The van der Waals surface area contributed by atoms with Crippen LogP contribution < -0.4 is 0 Å². The molecule has 0 unspecified atom stereocenters. The second-order valence-corrected chi connectivity index (χ2v) is 10.4. The molecule has 0 rings (SSSR count). The van der Waals surface area contributed by atoms with Gasteiger partial charge in [0.25, 0.3) is 0 Å². The molecule has 0 fully saturated rings. The Kier molecular flexibility index (Phi) is 22.4. The van der Waals surface area contributed by atoms with Crippen LogP contribution in [0.4, 0.5) is 0 Å². The van der Waals surface area contributed by atoms with Crippen molar-refractivity contribution in [2.75, 3.05) is 26.9 Å². The number of aliphatic carboxylic acids is 1. The predicted molar refractivity (Wildman–Crippen MR) is 136 cm³/mol. The largest absolute Gasteiger partial charge is 0.481 e. The van der Waals surface area contributed by atoms with Crippen LogP contribution in [-0.4, -0.2) is 66.1 Å². The van der Waals surface area contributed by atoms with Gasteiger partial charge in [0.05, 0.1) is 13.2 Å². The molecular weight excluding hydrogens is 440 g/mol. The Morgan fingerprint density at radius 3 is 1.44 bits per heavy atom. The highest BCUT2D eigenvalue weighted by Crippen LogP contribution is 2.16. The molecule has 0 bridgehead atoms. The lowest BCUT2D eigenvalue weighted by Crippen LogP contribution is -2.34. The number of methoxy groups -OCH3 is 1. The molecule has 0 aromatic rings. The zero-order valence-electron chi connectivity index (χ0n) is 23.5. The summed E-state index contributed by atoms with van der Waals surface area (Å²) >= 11 is 0. The van der Waals surface area contributed by atoms with Crippen molar-refractivity contribution in [1.29, 1.82) is 0 Å². The molecule has 0 spiro atoms. The Morgan fingerprint density at radius 2 is 1.26 bits per heavy atom. The minimum Gasteiger partial charge on any atom is -0.481 e. The fraction of sp³-hybridized carbons (Fsp3) is 0.769. The summed E-state index contributed by atoms with van der Waals surface area (Å²) in [7, 11) is 1.61. The van der Waals surface area contributed by atoms with E-state index in [1.54, 1.807) is 47.8 Å². The van der Waals surface area contributed by atoms with Crippen LogP contribution in [0.5, 0.6) is 0 Å². The number of allylic oxidation sites excluding steroid dienone is 1. The zero-order chi connectivity index (χ0) is 28.3. The summed E-state index contributed by atoms with van der Waals surface area (Å²) in [6, 6.07) is 0. The van der Waals surface area contributed by atoms with Crippen LogP contribution in [0, 0.1) is 16.7 Å². The SMILES string of the molecule is C=CC.CC(C)(C)C(=O)CC(=O)O.CC(C)C(=O)C(C)(C)O.COCCOCC(=O)C(C)(C)C. The molecule has 0 amide bonds. The first kappa shape index (κ1) is 39.3. The van der Waals surface area contributed by atoms with Crippen molar-refractivity contribution in [1.82, 2.24) is 0 Å². The maximum Gasteiger partial charge on any atom is 0.310 e. The van der Waals surface area contributed by atoms with Crippen molar-refractivity contribution in [3.63, 3.8) is 0 Å². The number of carbonyl (C=O) groups excluding carboxylic acids is 3. The van der Waals surface area contributed by atoms with Gasteiger partial charge in [-0.05, 0) is 20.8 Å². The van der Waals surface area contributed by atoms with E-state index < -0.39 is 17.0 Å². The summed E-state index contributed by atoms with van der Waals surface area (Å²) in [4.78, 5) is 43.1. The number of Topliss-reactive ketones (excluding diaryl/α,β-unsaturated/α-hetero) is 3. The van der Waals surface area contributed by atoms with Crippen LogP contribution >= 0.6 is 0 Å². The van der Waals surface area contributed by atoms with Crippen LogP contribution in [0.15, 0.2) is 12.7 Å². The lowest BCUT2D eigenvalue weighted by atomic mass is 9.89. The first-order chi connectivity index (χ1) is 15.1. The van der Waals surface area contributed by atoms with E-state index in [1.165, 1.54) is 13.8 Å². The molecule has 8 nitrogen and oxygen atoms in total. The molecule has 0 aliphatic carbocycles. The number of carboxylic acids is 1. The first-order valence-corrected chi connectivity index (χ1v) is 11.3. The zero-order valence-corrected chi connectivity index (χ0v) is 23.5. The summed E-state index contributed by atoms with van der Waals surface area (Å²) in [6.45, 7) is 23.8. The van der Waals surface area contributed by atoms with Gasteiger partial charge in [-0.25, -0.2) is 0 Å². The van der Waals surface area contributed by atoms with Crippen molar-refractivity contribution >= 4 is 23.3 Å². The van der Waals surface area contributed by atoms with Crippen LogP contribution in [0.1, 0.15) is 82.6 Å². The third-order valence-electron chi connectivity index (χ3n) is 3.78. The molecule has 202 valence electrons. The highest BCUT2D eigenvalue weighted by atomic mass is 16.5. The average Bonchev–Trinajstić information content (AvgIpc) is 2.63. The van der Waals surface area contributed by atoms with Crippen LogP contribution in [-0.2, 0) is 28.7 Å². The number of hydrogen-bond acceptors (Lipinski definition) is 7. The molecule has 0 atom stereocenters. The van der Waals surface area contributed by atoms with E-state index in [2.05, 4.69) is 6.58 Å². The van der Waals surface area contributed by atoms with Crippen molar-refractivity contribution in [3.8, 4) is 0 Å². The number of carboxylic acid groups (broad SMARTS) is 1. The molecule has 2 N–H and O–H groups in total. The highest BCUT2D eigenvalue weighted by molar-refractivity contribution is 5.97. The molecule has 34 heavy (non-hydrogen) atoms. The Morgan fingerprint density at radius 1 is 0.882 bits per heavy atom. The van der Waals surface area contributed by atoms with E-state index in [9.17, 15) is 19.2 Å². The number of aliphatic hydroxyl groups is 1. The predicted octanol–water partition coefficient (Wildman–Crippen LogP) is 4.52. The third-order valence-corrected chi connectivity index (χ3v) is 3.78. The molecule has 0 saturated heterocycles. The molecule has 8 heteroatoms. The molecule has 0 saturated carbocycles. The Hall–Kier alpha value is -1.90. The third kappa shape index (κ3) is 28.1. The van der Waals surface area contributed by atoms with Crippen molar-refractivity contribution in [3.05, 3.63) is 12.7 Å². The standard InChI is InChI=1S/C9H18O3.C7H12O3.C7H14O2.C3H6/c1-9(2,3)8(10)7-12-6-5-11-4;1-7(2,3)5(8)4-6(9)10;1-5(2)6(8)7(3,4)9;1-3-2/h5-7H2,1-4H3;4H2,1-3H3,(H,9,10);5,9H,1-4H3;3H,1H2,2H3. The lowest BCUT2D eigenvalue weighted by molar-refractivity contribution is -0.142. The van der Waals surface area contributed by atoms with Crippen LogP contribution in [0.3, 0.4) is 0 Å². The maximum absolute atomic E-state index is 11.3. The van der Waals surface area contributed by atoms with Gasteiger partial charge in [-0.3, -0.25) is 19.2 Å². The molecule has 0 radical (unpaired) electrons. The quantitative estimate of drug-likeness (QED) is 0.274. The monoisotopic (exact) mass is 490 g/mol. The highest BCUT2D eigenvalue weighted by Gasteiger charge is 2.25. The summed E-state index contributed by atoms with van der Waals surface area (Å²) in [5.41, 5.74) is -1.99. The van der Waals surface area contributed by atoms with Gasteiger partial charge in [0, 0.05) is 23.9 Å². The summed E-state index contributed by atoms with van der Waals surface area (Å²) < 4.78 is 9.86. The normalized spacial score (nSPS) is 11.0. The number of carbonyl (C=O) groups is 4. The topological polar surface area (TPSA) is 127 Å². The summed E-state index contributed by atoms with van der Waals surface area (Å²) in [6.07, 6.45) is 1.38. The average molecular weight is 491 g/mol. The Bertz CT molecular complexity index is 600. The van der Waals surface area contributed by atoms with Gasteiger partial charge in [-0.2, -0.15) is 0 Å². The molecular formula is C26H50O8. The van der Waals surface area contributed by atoms with Gasteiger partial charge in [-0.15, -0.1) is 6.58 Å². The van der Waals surface area contributed by atoms with Gasteiger partial charge in [0.2, 0.25) is 0 Å². The number of ketones is 3. The molecule has 0 heterocycles. The van der Waals surface area contributed by atoms with Gasteiger partial charge in [-0.1, -0.05) is 61.5 Å². The van der Waals surface area contributed by atoms with E-state index in [0.29, 0.717) is 13.2 Å². The number of hydrogen-bond donors (Lipinski definition) is 2. The molecule has 0 aromatic carbocycles. The van der Waals surface area contributed by atoms with E-state index in [-0.39, 0.29) is 41.7 Å². The summed E-state index contributed by atoms with van der Waals surface area (Å²) in [5.74, 6) is -1.36. The van der Waals surface area contributed by atoms with E-state index in [1.807, 2.05) is 27.7 Å². The molecule has 0 aliphatic heterocycles. The summed E-state index contributed by atoms with van der Waals surface area (Å²) in [5, 5.41) is 17.3. The smallest absolute Gasteiger partial charge is 0.310 e. The van der Waals surface area contributed by atoms with Crippen LogP contribution in [0.25, 0.3) is 0 Å². The maximum atomic E-state index is 11.3. The second kappa shape index (κ2) is 19.4. The lowest BCUT2D eigenvalue weighted by Gasteiger charge is -2.17. The second-order valence-electron chi connectivity index (χ2n) is 10.4. The fourth-order valence-corrected chi connectivity index (χ4v) is 1.63.